The molecule has 10 heteroatoms. The predicted octanol–water partition coefficient (Wildman–Crippen LogP) is 3.43. The second kappa shape index (κ2) is 11.3. The molecule has 0 aliphatic carbocycles. The van der Waals surface area contributed by atoms with E-state index in [0.29, 0.717) is 61.8 Å². The minimum absolute atomic E-state index is 0.0603. The van der Waals surface area contributed by atoms with Crippen molar-refractivity contribution in [3.63, 3.8) is 0 Å². The van der Waals surface area contributed by atoms with Crippen molar-refractivity contribution >= 4 is 27.6 Å². The van der Waals surface area contributed by atoms with E-state index >= 15 is 0 Å². The molecular weight excluding hydrogens is 490 g/mol. The Morgan fingerprint density at radius 2 is 1.62 bits per heavy atom. The van der Waals surface area contributed by atoms with Crippen LogP contribution in [0.4, 0.5) is 10.5 Å². The molecular formula is C27H33N5O4S. The number of carbonyl (C=O) groups excluding carboxylic acids is 2. The number of carbonyl (C=O) groups is 2. The number of urea groups is 1. The van der Waals surface area contributed by atoms with Gasteiger partial charge in [0.2, 0.25) is 10.0 Å². The number of benzene rings is 2. The van der Waals surface area contributed by atoms with E-state index in [2.05, 4.69) is 16.7 Å². The van der Waals surface area contributed by atoms with Crippen LogP contribution in [0.25, 0.3) is 0 Å². The first-order chi connectivity index (χ1) is 17.6. The Labute approximate surface area is 218 Å². The van der Waals surface area contributed by atoms with Crippen molar-refractivity contribution < 1.29 is 18.0 Å². The summed E-state index contributed by atoms with van der Waals surface area (Å²) >= 11 is 0. The van der Waals surface area contributed by atoms with Crippen LogP contribution >= 0.6 is 0 Å². The third-order valence-corrected chi connectivity index (χ3v) is 8.59. The van der Waals surface area contributed by atoms with Gasteiger partial charge in [-0.3, -0.25) is 4.79 Å². The number of sulfonamides is 1. The molecule has 0 saturated carbocycles. The highest BCUT2D eigenvalue weighted by Crippen LogP contribution is 2.29. The molecule has 2 aromatic rings. The summed E-state index contributed by atoms with van der Waals surface area (Å²) in [5.74, 6) is 0.301. The van der Waals surface area contributed by atoms with Gasteiger partial charge in [0.05, 0.1) is 17.9 Å². The maximum Gasteiger partial charge on any atom is 0.319 e. The van der Waals surface area contributed by atoms with Crippen LogP contribution in [0.2, 0.25) is 0 Å². The zero-order chi connectivity index (χ0) is 26.6. The number of likely N-dealkylation sites (tertiary alicyclic amines) is 1. The summed E-state index contributed by atoms with van der Waals surface area (Å²) in [7, 11) is -3.22. The van der Waals surface area contributed by atoms with Crippen molar-refractivity contribution in [2.45, 2.75) is 44.6 Å². The summed E-state index contributed by atoms with van der Waals surface area (Å²) in [4.78, 5) is 27.7. The molecule has 0 aromatic heterocycles. The van der Waals surface area contributed by atoms with E-state index in [9.17, 15) is 18.0 Å². The van der Waals surface area contributed by atoms with Gasteiger partial charge in [0, 0.05) is 43.5 Å². The lowest BCUT2D eigenvalue weighted by molar-refractivity contribution is 0.0713. The predicted molar refractivity (Wildman–Crippen MR) is 142 cm³/mol. The number of hydrogen-bond donors (Lipinski definition) is 2. The fraction of sp³-hybridized carbons (Fsp3) is 0.444. The molecule has 2 aromatic carbocycles. The van der Waals surface area contributed by atoms with Gasteiger partial charge in [-0.15, -0.1) is 0 Å². The van der Waals surface area contributed by atoms with Gasteiger partial charge in [-0.2, -0.15) is 5.26 Å². The third-order valence-electron chi connectivity index (χ3n) is 7.28. The van der Waals surface area contributed by atoms with E-state index in [1.807, 2.05) is 42.2 Å². The second-order valence-corrected chi connectivity index (χ2v) is 11.8. The zero-order valence-electron chi connectivity index (χ0n) is 21.2. The quantitative estimate of drug-likeness (QED) is 0.622. The van der Waals surface area contributed by atoms with Crippen molar-refractivity contribution in [3.05, 3.63) is 64.7 Å². The first-order valence-electron chi connectivity index (χ1n) is 12.6. The number of piperidine rings is 2. The highest BCUT2D eigenvalue weighted by molar-refractivity contribution is 7.88. The number of nitrogens with zero attached hydrogens (tertiary/aromatic N) is 3. The van der Waals surface area contributed by atoms with Crippen LogP contribution in [-0.4, -0.2) is 68.0 Å². The molecule has 2 fully saturated rings. The lowest BCUT2D eigenvalue weighted by Gasteiger charge is -2.32. The lowest BCUT2D eigenvalue weighted by atomic mass is 9.89. The van der Waals surface area contributed by atoms with Gasteiger partial charge in [-0.25, -0.2) is 17.5 Å². The molecule has 2 aliphatic heterocycles. The third kappa shape index (κ3) is 6.67. The lowest BCUT2D eigenvalue weighted by Crippen LogP contribution is -2.47. The van der Waals surface area contributed by atoms with Crippen LogP contribution < -0.4 is 10.6 Å². The molecule has 37 heavy (non-hydrogen) atoms. The normalized spacial score (nSPS) is 17.7. The van der Waals surface area contributed by atoms with Crippen LogP contribution in [-0.2, 0) is 10.0 Å². The summed E-state index contributed by atoms with van der Waals surface area (Å²) < 4.78 is 24.8. The molecule has 2 heterocycles. The van der Waals surface area contributed by atoms with Crippen LogP contribution in [0.1, 0.15) is 58.6 Å². The largest absolute Gasteiger partial charge is 0.339 e. The highest BCUT2D eigenvalue weighted by Gasteiger charge is 2.27. The fourth-order valence-corrected chi connectivity index (χ4v) is 5.87. The Bertz CT molecular complexity index is 1290. The Hall–Kier alpha value is -3.42. The molecule has 0 atom stereocenters. The van der Waals surface area contributed by atoms with E-state index in [-0.39, 0.29) is 18.0 Å². The van der Waals surface area contributed by atoms with Crippen LogP contribution in [0.5, 0.6) is 0 Å². The molecule has 196 valence electrons. The molecule has 2 aliphatic rings. The summed E-state index contributed by atoms with van der Waals surface area (Å²) in [6, 6.07) is 14.7. The van der Waals surface area contributed by atoms with E-state index in [4.69, 9.17) is 5.26 Å². The Balaban J connectivity index is 1.32. The van der Waals surface area contributed by atoms with Gasteiger partial charge in [0.1, 0.15) is 0 Å². The SMILES string of the molecule is Cc1ccc(C(=O)N2CCC(c3ccc(C#N)cc3)CC2)cc1NC(=O)NC1CCN(S(C)(=O)=O)CC1. The summed E-state index contributed by atoms with van der Waals surface area (Å²) in [6.07, 6.45) is 4.01. The first-order valence-corrected chi connectivity index (χ1v) is 14.4. The number of amides is 3. The highest BCUT2D eigenvalue weighted by atomic mass is 32.2. The fourth-order valence-electron chi connectivity index (χ4n) is 4.99. The summed E-state index contributed by atoms with van der Waals surface area (Å²) in [5, 5.41) is 14.8. The van der Waals surface area contributed by atoms with E-state index < -0.39 is 10.0 Å². The van der Waals surface area contributed by atoms with Crippen LogP contribution in [0, 0.1) is 18.3 Å². The van der Waals surface area contributed by atoms with Gasteiger partial charge in [0.15, 0.2) is 0 Å². The van der Waals surface area contributed by atoms with Gasteiger partial charge >= 0.3 is 6.03 Å². The van der Waals surface area contributed by atoms with Gasteiger partial charge in [-0.1, -0.05) is 18.2 Å². The van der Waals surface area contributed by atoms with Gasteiger partial charge in [-0.05, 0) is 73.9 Å². The molecule has 2 N–H and O–H groups in total. The molecule has 0 radical (unpaired) electrons. The van der Waals surface area contributed by atoms with Crippen molar-refractivity contribution in [1.29, 1.82) is 5.26 Å². The van der Waals surface area contributed by atoms with Gasteiger partial charge < -0.3 is 15.5 Å². The number of nitriles is 1. The minimum atomic E-state index is -3.22. The Morgan fingerprint density at radius 1 is 0.973 bits per heavy atom. The number of rotatable bonds is 5. The monoisotopic (exact) mass is 523 g/mol. The van der Waals surface area contributed by atoms with Crippen LogP contribution in [0.15, 0.2) is 42.5 Å². The van der Waals surface area contributed by atoms with E-state index in [0.717, 1.165) is 18.4 Å². The number of nitrogens with one attached hydrogen (secondary N) is 2. The van der Waals surface area contributed by atoms with Crippen LogP contribution in [0.3, 0.4) is 0 Å². The molecule has 3 amide bonds. The molecule has 9 nitrogen and oxygen atoms in total. The van der Waals surface area contributed by atoms with Gasteiger partial charge in [0.25, 0.3) is 5.91 Å². The Morgan fingerprint density at radius 3 is 2.22 bits per heavy atom. The number of anilines is 1. The second-order valence-electron chi connectivity index (χ2n) is 9.86. The summed E-state index contributed by atoms with van der Waals surface area (Å²) in [6.45, 7) is 3.93. The maximum absolute atomic E-state index is 13.2. The van der Waals surface area contributed by atoms with E-state index in [1.54, 1.807) is 12.1 Å². The summed E-state index contributed by atoms with van der Waals surface area (Å²) in [5.41, 5.74) is 3.79. The standard InChI is InChI=1S/C27H33N5O4S/c1-19-3-6-23(17-25(19)30-27(34)29-24-11-15-32(16-12-24)37(2,35)36)26(33)31-13-9-22(10-14-31)21-7-4-20(18-28)5-8-21/h3-8,17,22,24H,9-16H2,1-2H3,(H2,29,30,34). The minimum Gasteiger partial charge on any atom is -0.339 e. The zero-order valence-corrected chi connectivity index (χ0v) is 22.1. The van der Waals surface area contributed by atoms with Crippen molar-refractivity contribution in [2.24, 2.45) is 0 Å². The molecule has 0 bridgehead atoms. The van der Waals surface area contributed by atoms with E-state index in [1.165, 1.54) is 16.1 Å². The first kappa shape index (κ1) is 26.6. The molecule has 4 rings (SSSR count). The number of aryl methyl sites for hydroxylation is 1. The maximum atomic E-state index is 13.2. The smallest absolute Gasteiger partial charge is 0.319 e. The van der Waals surface area contributed by atoms with Crippen molar-refractivity contribution in [3.8, 4) is 6.07 Å². The average Bonchev–Trinajstić information content (AvgIpc) is 2.89. The van der Waals surface area contributed by atoms with Crippen molar-refractivity contribution in [1.82, 2.24) is 14.5 Å². The molecule has 0 spiro atoms. The average molecular weight is 524 g/mol. The molecule has 0 unspecified atom stereocenters. The number of hydrogen-bond acceptors (Lipinski definition) is 5. The van der Waals surface area contributed by atoms with Crippen molar-refractivity contribution in [2.75, 3.05) is 37.8 Å². The molecule has 2 saturated heterocycles. The topological polar surface area (TPSA) is 123 Å². The Kier molecular flexibility index (Phi) is 8.15.